The van der Waals surface area contributed by atoms with Crippen molar-refractivity contribution in [3.63, 3.8) is 0 Å². The van der Waals surface area contributed by atoms with Crippen LogP contribution in [0.4, 0.5) is 5.69 Å². The molecule has 1 saturated heterocycles. The van der Waals surface area contributed by atoms with Gasteiger partial charge in [-0.25, -0.2) is 0 Å². The summed E-state index contributed by atoms with van der Waals surface area (Å²) in [6, 6.07) is 5.06. The quantitative estimate of drug-likeness (QED) is 0.722. The van der Waals surface area contributed by atoms with Crippen molar-refractivity contribution in [2.24, 2.45) is 0 Å². The van der Waals surface area contributed by atoms with Crippen molar-refractivity contribution in [2.45, 2.75) is 12.8 Å². The number of carbonyl (C=O) groups is 2. The third-order valence-electron chi connectivity index (χ3n) is 2.49. The average Bonchev–Trinajstić information content (AvgIpc) is 2.65. The first-order chi connectivity index (χ1) is 7.22. The number of aldehydes is 1. The molecule has 4 heteroatoms. The number of anilines is 1. The van der Waals surface area contributed by atoms with Crippen molar-refractivity contribution in [1.82, 2.24) is 0 Å². The molecular weight excluding hydrogens is 214 g/mol. The van der Waals surface area contributed by atoms with Gasteiger partial charge < -0.3 is 4.90 Å². The molecule has 0 N–H and O–H groups in total. The summed E-state index contributed by atoms with van der Waals surface area (Å²) in [4.78, 5) is 23.8. The molecule has 1 amide bonds. The second-order valence-corrected chi connectivity index (χ2v) is 3.88. The van der Waals surface area contributed by atoms with Crippen LogP contribution < -0.4 is 4.90 Å². The summed E-state index contributed by atoms with van der Waals surface area (Å²) in [6.45, 7) is 0.721. The van der Waals surface area contributed by atoms with Gasteiger partial charge in [0.25, 0.3) is 0 Å². The lowest BCUT2D eigenvalue weighted by atomic mass is 10.2. The predicted octanol–water partition coefficient (Wildman–Crippen LogP) is 2.28. The van der Waals surface area contributed by atoms with E-state index in [4.69, 9.17) is 11.6 Å². The van der Waals surface area contributed by atoms with Gasteiger partial charge in [-0.1, -0.05) is 11.6 Å². The molecule has 2 rings (SSSR count). The van der Waals surface area contributed by atoms with Crippen LogP contribution in [0.25, 0.3) is 0 Å². The van der Waals surface area contributed by atoms with E-state index in [1.165, 1.54) is 0 Å². The zero-order valence-electron chi connectivity index (χ0n) is 8.07. The van der Waals surface area contributed by atoms with Crippen LogP contribution in [0, 0.1) is 0 Å². The van der Waals surface area contributed by atoms with E-state index in [1.807, 2.05) is 0 Å². The van der Waals surface area contributed by atoms with Crippen LogP contribution in [0.15, 0.2) is 18.2 Å². The molecule has 0 unspecified atom stereocenters. The highest BCUT2D eigenvalue weighted by atomic mass is 35.5. The van der Waals surface area contributed by atoms with Crippen LogP contribution in [0.1, 0.15) is 23.2 Å². The monoisotopic (exact) mass is 223 g/mol. The number of nitrogens with zero attached hydrogens (tertiary/aromatic N) is 1. The average molecular weight is 224 g/mol. The number of benzene rings is 1. The number of carbonyl (C=O) groups excluding carboxylic acids is 2. The van der Waals surface area contributed by atoms with Crippen LogP contribution in [0.2, 0.25) is 5.02 Å². The fourth-order valence-electron chi connectivity index (χ4n) is 1.71. The number of hydrogen-bond acceptors (Lipinski definition) is 2. The molecular formula is C11H10ClNO2. The topological polar surface area (TPSA) is 37.4 Å². The Morgan fingerprint density at radius 3 is 2.80 bits per heavy atom. The highest BCUT2D eigenvalue weighted by Crippen LogP contribution is 2.25. The van der Waals surface area contributed by atoms with E-state index in [9.17, 15) is 9.59 Å². The van der Waals surface area contributed by atoms with E-state index in [0.29, 0.717) is 23.3 Å². The molecule has 0 atom stereocenters. The maximum Gasteiger partial charge on any atom is 0.227 e. The first kappa shape index (κ1) is 10.2. The van der Waals surface area contributed by atoms with Crippen molar-refractivity contribution in [1.29, 1.82) is 0 Å². The minimum absolute atomic E-state index is 0.106. The zero-order valence-corrected chi connectivity index (χ0v) is 8.83. The van der Waals surface area contributed by atoms with E-state index in [2.05, 4.69) is 0 Å². The molecule has 1 aliphatic heterocycles. The van der Waals surface area contributed by atoms with E-state index in [0.717, 1.165) is 18.7 Å². The zero-order chi connectivity index (χ0) is 10.8. The van der Waals surface area contributed by atoms with E-state index >= 15 is 0 Å². The molecule has 0 radical (unpaired) electrons. The maximum absolute atomic E-state index is 11.5. The summed E-state index contributed by atoms with van der Waals surface area (Å²) in [6.07, 6.45) is 2.16. The normalized spacial score (nSPS) is 15.8. The SMILES string of the molecule is O=Cc1cc(N2CCCC2=O)ccc1Cl. The molecule has 1 heterocycles. The Labute approximate surface area is 92.6 Å². The highest BCUT2D eigenvalue weighted by Gasteiger charge is 2.21. The molecule has 3 nitrogen and oxygen atoms in total. The molecule has 0 spiro atoms. The van der Waals surface area contributed by atoms with Crippen LogP contribution in [0.5, 0.6) is 0 Å². The third-order valence-corrected chi connectivity index (χ3v) is 2.84. The molecule has 1 aromatic carbocycles. The van der Waals surface area contributed by atoms with Crippen LogP contribution >= 0.6 is 11.6 Å². The van der Waals surface area contributed by atoms with Gasteiger partial charge in [0.2, 0.25) is 5.91 Å². The predicted molar refractivity (Wildman–Crippen MR) is 58.4 cm³/mol. The van der Waals surface area contributed by atoms with Crippen molar-refractivity contribution in [2.75, 3.05) is 11.4 Å². The molecule has 0 bridgehead atoms. The maximum atomic E-state index is 11.5. The summed E-state index contributed by atoms with van der Waals surface area (Å²) in [7, 11) is 0. The Kier molecular flexibility index (Phi) is 2.73. The summed E-state index contributed by atoms with van der Waals surface area (Å²) in [5.41, 5.74) is 1.18. The van der Waals surface area contributed by atoms with Crippen molar-refractivity contribution in [3.05, 3.63) is 28.8 Å². The van der Waals surface area contributed by atoms with Crippen LogP contribution in [-0.4, -0.2) is 18.7 Å². The summed E-state index contributed by atoms with van der Waals surface area (Å²) < 4.78 is 0. The third kappa shape index (κ3) is 1.88. The van der Waals surface area contributed by atoms with Gasteiger partial charge in [-0.05, 0) is 24.6 Å². The van der Waals surface area contributed by atoms with Gasteiger partial charge in [0.1, 0.15) is 0 Å². The van der Waals surface area contributed by atoms with Gasteiger partial charge in [0.15, 0.2) is 6.29 Å². The lowest BCUT2D eigenvalue weighted by molar-refractivity contribution is -0.117. The second kappa shape index (κ2) is 4.03. The van der Waals surface area contributed by atoms with E-state index in [1.54, 1.807) is 23.1 Å². The summed E-state index contributed by atoms with van der Waals surface area (Å²) in [5.74, 6) is 0.106. The fraction of sp³-hybridized carbons (Fsp3) is 0.273. The van der Waals surface area contributed by atoms with Gasteiger partial charge >= 0.3 is 0 Å². The van der Waals surface area contributed by atoms with Crippen LogP contribution in [-0.2, 0) is 4.79 Å². The summed E-state index contributed by atoms with van der Waals surface area (Å²) >= 11 is 5.80. The van der Waals surface area contributed by atoms with Crippen LogP contribution in [0.3, 0.4) is 0 Å². The smallest absolute Gasteiger partial charge is 0.227 e. The first-order valence-electron chi connectivity index (χ1n) is 4.77. The number of amides is 1. The Bertz CT molecular complexity index is 417. The minimum Gasteiger partial charge on any atom is -0.312 e. The molecule has 0 aromatic heterocycles. The van der Waals surface area contributed by atoms with Gasteiger partial charge in [-0.15, -0.1) is 0 Å². The molecule has 0 aliphatic carbocycles. The number of rotatable bonds is 2. The van der Waals surface area contributed by atoms with E-state index in [-0.39, 0.29) is 5.91 Å². The minimum atomic E-state index is 0.106. The van der Waals surface area contributed by atoms with Gasteiger partial charge in [0.05, 0.1) is 5.02 Å². The van der Waals surface area contributed by atoms with Gasteiger partial charge in [0, 0.05) is 24.2 Å². The molecule has 1 aliphatic rings. The molecule has 0 saturated carbocycles. The molecule has 1 aromatic rings. The Hall–Kier alpha value is -1.35. The standard InChI is InChI=1S/C11H10ClNO2/c12-10-4-3-9(6-8(10)7-14)13-5-1-2-11(13)15/h3-4,6-7H,1-2,5H2. The molecule has 1 fully saturated rings. The summed E-state index contributed by atoms with van der Waals surface area (Å²) in [5, 5.41) is 0.417. The van der Waals surface area contributed by atoms with Gasteiger partial charge in [-0.3, -0.25) is 9.59 Å². The second-order valence-electron chi connectivity index (χ2n) is 3.47. The van der Waals surface area contributed by atoms with Crippen molar-refractivity contribution >= 4 is 29.5 Å². The molecule has 15 heavy (non-hydrogen) atoms. The number of hydrogen-bond donors (Lipinski definition) is 0. The Balaban J connectivity index is 2.36. The van der Waals surface area contributed by atoms with Crippen molar-refractivity contribution < 1.29 is 9.59 Å². The highest BCUT2D eigenvalue weighted by molar-refractivity contribution is 6.33. The Morgan fingerprint density at radius 2 is 2.20 bits per heavy atom. The lowest BCUT2D eigenvalue weighted by Gasteiger charge is -2.16. The van der Waals surface area contributed by atoms with Gasteiger partial charge in [-0.2, -0.15) is 0 Å². The Morgan fingerprint density at radius 1 is 1.40 bits per heavy atom. The first-order valence-corrected chi connectivity index (χ1v) is 5.15. The molecule has 78 valence electrons. The van der Waals surface area contributed by atoms with E-state index < -0.39 is 0 Å². The number of halogens is 1. The lowest BCUT2D eigenvalue weighted by Crippen LogP contribution is -2.23. The van der Waals surface area contributed by atoms with Crippen molar-refractivity contribution in [3.8, 4) is 0 Å². The fourth-order valence-corrected chi connectivity index (χ4v) is 1.87. The largest absolute Gasteiger partial charge is 0.312 e.